The summed E-state index contributed by atoms with van der Waals surface area (Å²) in [5.41, 5.74) is 0.307. The number of rotatable bonds is 11. The normalized spacial score (nSPS) is 11.5. The topological polar surface area (TPSA) is 179 Å². The summed E-state index contributed by atoms with van der Waals surface area (Å²) in [6.45, 7) is 0. The van der Waals surface area contributed by atoms with E-state index in [2.05, 4.69) is 9.44 Å². The van der Waals surface area contributed by atoms with E-state index in [1.165, 1.54) is 24.3 Å². The number of nitrogens with zero attached hydrogens (tertiary/aromatic N) is 2. The van der Waals surface area contributed by atoms with Crippen molar-refractivity contribution in [1.29, 1.82) is 0 Å². The molecule has 40 heavy (non-hydrogen) atoms. The molecule has 12 nitrogen and oxygen atoms in total. The number of nitro groups is 2. The fraction of sp³-hybridized carbons (Fsp3) is 0. The Morgan fingerprint density at radius 3 is 1.07 bits per heavy atom. The first kappa shape index (κ1) is 29.2. The number of hydrogen-bond acceptors (Lipinski definition) is 8. The van der Waals surface area contributed by atoms with Crippen LogP contribution in [0.2, 0.25) is 0 Å². The molecular weight excluding hydrogens is 694 g/mol. The first-order chi connectivity index (χ1) is 18.9. The van der Waals surface area contributed by atoms with E-state index in [0.29, 0.717) is 11.4 Å². The molecule has 206 valence electrons. The second kappa shape index (κ2) is 12.2. The van der Waals surface area contributed by atoms with E-state index >= 15 is 0 Å². The zero-order valence-corrected chi connectivity index (χ0v) is 25.1. The number of nitrogens with one attached hydrogen (secondary N) is 2. The molecule has 0 atom stereocenters. The van der Waals surface area contributed by atoms with Crippen LogP contribution in [0.1, 0.15) is 0 Å². The minimum atomic E-state index is -3.90. The van der Waals surface area contributed by atoms with Gasteiger partial charge in [0.05, 0.1) is 0 Å². The third-order valence-electron chi connectivity index (χ3n) is 5.16. The standard InChI is InChI=1S/C24H18N4O8S2Se2/c29-27(30)19-5-9-21(10-6-19)37(33,34)25-17-1-13-23(14-2-17)39-40-24-15-3-18(4-16-24)26-38(35,36)22-11-7-20(8-12-22)28(31)32/h1-16,25-26H. The summed E-state index contributed by atoms with van der Waals surface area (Å²) in [5.74, 6) is 0. The molecule has 4 aromatic carbocycles. The molecule has 0 amide bonds. The van der Waals surface area contributed by atoms with Crippen molar-refractivity contribution in [1.82, 2.24) is 0 Å². The fourth-order valence-corrected chi connectivity index (χ4v) is 11.3. The molecule has 2 N–H and O–H groups in total. The molecule has 0 bridgehead atoms. The summed E-state index contributed by atoms with van der Waals surface area (Å²) in [6.07, 6.45) is 0. The van der Waals surface area contributed by atoms with Gasteiger partial charge in [0.1, 0.15) is 0 Å². The number of benzene rings is 4. The fourth-order valence-electron chi connectivity index (χ4n) is 3.18. The SMILES string of the molecule is O=[N+]([O-])c1ccc(S(=O)(=O)Nc2ccc([Se][Se]c3ccc(NS(=O)(=O)c4ccc([N+](=O)[O-])cc4)cc3)cc2)cc1. The molecule has 0 spiro atoms. The summed E-state index contributed by atoms with van der Waals surface area (Å²) >= 11 is 0.144. The number of non-ortho nitro benzene ring substituents is 2. The van der Waals surface area contributed by atoms with Crippen LogP contribution in [0, 0.1) is 20.2 Å². The Kier molecular flexibility index (Phi) is 8.88. The van der Waals surface area contributed by atoms with Gasteiger partial charge in [0, 0.05) is 0 Å². The Hall–Kier alpha value is -3.78. The molecule has 0 aliphatic carbocycles. The van der Waals surface area contributed by atoms with Crippen molar-refractivity contribution >= 4 is 78.0 Å². The maximum atomic E-state index is 12.6. The van der Waals surface area contributed by atoms with E-state index in [1.54, 1.807) is 24.3 Å². The second-order valence-corrected chi connectivity index (χ2v) is 17.6. The van der Waals surface area contributed by atoms with Gasteiger partial charge in [-0.3, -0.25) is 0 Å². The molecule has 0 heterocycles. The van der Waals surface area contributed by atoms with Gasteiger partial charge in [-0.25, -0.2) is 0 Å². The first-order valence-electron chi connectivity index (χ1n) is 11.0. The van der Waals surface area contributed by atoms with Gasteiger partial charge < -0.3 is 0 Å². The maximum absolute atomic E-state index is 12.6. The molecule has 0 aromatic heterocycles. The zero-order valence-electron chi connectivity index (χ0n) is 20.0. The molecule has 0 aliphatic rings. The van der Waals surface area contributed by atoms with Gasteiger partial charge in [0.2, 0.25) is 0 Å². The number of nitro benzene ring substituents is 2. The van der Waals surface area contributed by atoms with Crippen molar-refractivity contribution in [2.24, 2.45) is 0 Å². The van der Waals surface area contributed by atoms with Crippen molar-refractivity contribution in [3.63, 3.8) is 0 Å². The molecule has 4 rings (SSSR count). The van der Waals surface area contributed by atoms with E-state index in [9.17, 15) is 37.1 Å². The first-order valence-corrected chi connectivity index (χ1v) is 20.0. The molecule has 16 heteroatoms. The average molecular weight is 712 g/mol. The van der Waals surface area contributed by atoms with Crippen LogP contribution in [0.5, 0.6) is 0 Å². The summed E-state index contributed by atoms with van der Waals surface area (Å²) in [5, 5.41) is 21.5. The van der Waals surface area contributed by atoms with E-state index in [0.717, 1.165) is 33.2 Å². The van der Waals surface area contributed by atoms with Gasteiger partial charge in [-0.2, -0.15) is 0 Å². The van der Waals surface area contributed by atoms with Gasteiger partial charge in [-0.15, -0.1) is 0 Å². The van der Waals surface area contributed by atoms with Crippen LogP contribution in [0.4, 0.5) is 22.7 Å². The molecular formula is C24H18N4O8S2Se2. The van der Waals surface area contributed by atoms with Crippen molar-refractivity contribution in [2.75, 3.05) is 9.44 Å². The summed E-state index contributed by atoms with van der Waals surface area (Å²) in [7, 11) is -7.81. The number of sulfonamides is 2. The average Bonchev–Trinajstić information content (AvgIpc) is 2.93. The molecule has 0 saturated heterocycles. The van der Waals surface area contributed by atoms with Gasteiger partial charge in [0.25, 0.3) is 0 Å². The molecule has 0 unspecified atom stereocenters. The number of anilines is 2. The van der Waals surface area contributed by atoms with Crippen LogP contribution < -0.4 is 18.4 Å². The Bertz CT molecular complexity index is 1620. The summed E-state index contributed by atoms with van der Waals surface area (Å²) in [4.78, 5) is 20.1. The summed E-state index contributed by atoms with van der Waals surface area (Å²) in [6, 6.07) is 23.1. The van der Waals surface area contributed by atoms with Crippen molar-refractivity contribution in [2.45, 2.75) is 9.79 Å². The van der Waals surface area contributed by atoms with Gasteiger partial charge >= 0.3 is 241 Å². The van der Waals surface area contributed by atoms with Crippen molar-refractivity contribution in [3.05, 3.63) is 117 Å². The Balaban J connectivity index is 1.32. The molecule has 0 saturated carbocycles. The van der Waals surface area contributed by atoms with Gasteiger partial charge in [0.15, 0.2) is 0 Å². The van der Waals surface area contributed by atoms with E-state index < -0.39 is 29.9 Å². The predicted molar refractivity (Wildman–Crippen MR) is 151 cm³/mol. The van der Waals surface area contributed by atoms with Crippen LogP contribution >= 0.6 is 0 Å². The van der Waals surface area contributed by atoms with E-state index in [1.807, 2.05) is 24.3 Å². The van der Waals surface area contributed by atoms with Crippen LogP contribution in [0.25, 0.3) is 0 Å². The number of hydrogen-bond donors (Lipinski definition) is 2. The van der Waals surface area contributed by atoms with Crippen molar-refractivity contribution < 1.29 is 26.7 Å². The van der Waals surface area contributed by atoms with Crippen LogP contribution in [-0.4, -0.2) is 52.9 Å². The molecule has 0 fully saturated rings. The van der Waals surface area contributed by atoms with Gasteiger partial charge in [-0.05, 0) is 0 Å². The van der Waals surface area contributed by atoms with E-state index in [-0.39, 0.29) is 47.4 Å². The van der Waals surface area contributed by atoms with E-state index in [4.69, 9.17) is 0 Å². The predicted octanol–water partition coefficient (Wildman–Crippen LogP) is 2.38. The molecule has 0 radical (unpaired) electrons. The molecule has 4 aromatic rings. The quantitative estimate of drug-likeness (QED) is 0.135. The monoisotopic (exact) mass is 714 g/mol. The van der Waals surface area contributed by atoms with Crippen molar-refractivity contribution in [3.8, 4) is 0 Å². The van der Waals surface area contributed by atoms with Crippen LogP contribution in [-0.2, 0) is 20.0 Å². The Labute approximate surface area is 240 Å². The Morgan fingerprint density at radius 2 is 0.800 bits per heavy atom. The summed E-state index contributed by atoms with van der Waals surface area (Å²) < 4.78 is 57.3. The third-order valence-corrected chi connectivity index (χ3v) is 15.2. The zero-order chi connectivity index (χ0) is 28.9. The van der Waals surface area contributed by atoms with Gasteiger partial charge in [-0.1, -0.05) is 0 Å². The minimum absolute atomic E-state index is 0.0720. The van der Waals surface area contributed by atoms with Crippen LogP contribution in [0.15, 0.2) is 107 Å². The van der Waals surface area contributed by atoms with Crippen LogP contribution in [0.3, 0.4) is 0 Å². The molecule has 0 aliphatic heterocycles. The third kappa shape index (κ3) is 7.44. The second-order valence-electron chi connectivity index (χ2n) is 7.93. The Morgan fingerprint density at radius 1 is 0.500 bits per heavy atom.